The van der Waals surface area contributed by atoms with E-state index >= 15 is 0 Å². The average Bonchev–Trinajstić information content (AvgIpc) is 2.17. The third-order valence-electron chi connectivity index (χ3n) is 1.96. The first-order valence-electron chi connectivity index (χ1n) is 4.32. The zero-order chi connectivity index (χ0) is 11.6. The SMILES string of the molecule is COc1cc(C(=O)N(C)C)c(F)cc1N. The molecule has 15 heavy (non-hydrogen) atoms. The van der Waals surface area contributed by atoms with E-state index in [0.29, 0.717) is 5.75 Å². The van der Waals surface area contributed by atoms with Crippen molar-refractivity contribution in [3.8, 4) is 5.75 Å². The fraction of sp³-hybridized carbons (Fsp3) is 0.300. The molecule has 0 aliphatic heterocycles. The molecule has 0 fully saturated rings. The summed E-state index contributed by atoms with van der Waals surface area (Å²) in [6, 6.07) is 2.38. The topological polar surface area (TPSA) is 55.6 Å². The second-order valence-electron chi connectivity index (χ2n) is 3.27. The fourth-order valence-electron chi connectivity index (χ4n) is 1.15. The molecule has 0 aliphatic carbocycles. The van der Waals surface area contributed by atoms with Crippen molar-refractivity contribution < 1.29 is 13.9 Å². The Morgan fingerprint density at radius 2 is 2.07 bits per heavy atom. The molecule has 82 valence electrons. The van der Waals surface area contributed by atoms with Crippen LogP contribution in [0.15, 0.2) is 12.1 Å². The number of carbonyl (C=O) groups is 1. The summed E-state index contributed by atoms with van der Waals surface area (Å²) in [6.07, 6.45) is 0. The van der Waals surface area contributed by atoms with Crippen LogP contribution in [0.1, 0.15) is 10.4 Å². The van der Waals surface area contributed by atoms with Gasteiger partial charge in [-0.05, 0) is 6.07 Å². The molecule has 5 heteroatoms. The van der Waals surface area contributed by atoms with E-state index in [2.05, 4.69) is 0 Å². The molecule has 1 aromatic carbocycles. The first-order chi connectivity index (χ1) is 6.97. The number of hydrogen-bond donors (Lipinski definition) is 1. The summed E-state index contributed by atoms with van der Waals surface area (Å²) >= 11 is 0. The summed E-state index contributed by atoms with van der Waals surface area (Å²) < 4.78 is 18.3. The van der Waals surface area contributed by atoms with Crippen molar-refractivity contribution in [3.05, 3.63) is 23.5 Å². The lowest BCUT2D eigenvalue weighted by molar-refractivity contribution is 0.0822. The van der Waals surface area contributed by atoms with E-state index in [-0.39, 0.29) is 11.3 Å². The van der Waals surface area contributed by atoms with Crippen LogP contribution in [-0.2, 0) is 0 Å². The van der Waals surface area contributed by atoms with Gasteiger partial charge in [0.25, 0.3) is 5.91 Å². The van der Waals surface area contributed by atoms with Gasteiger partial charge in [0, 0.05) is 20.2 Å². The summed E-state index contributed by atoms with van der Waals surface area (Å²) in [5.74, 6) is -0.778. The predicted molar refractivity (Wildman–Crippen MR) is 55.4 cm³/mol. The van der Waals surface area contributed by atoms with Crippen LogP contribution in [0, 0.1) is 5.82 Å². The first-order valence-corrected chi connectivity index (χ1v) is 4.32. The predicted octanol–water partition coefficient (Wildman–Crippen LogP) is 1.12. The molecule has 0 bridgehead atoms. The Kier molecular flexibility index (Phi) is 3.14. The van der Waals surface area contributed by atoms with Crippen molar-refractivity contribution >= 4 is 11.6 Å². The molecule has 1 rings (SSSR count). The summed E-state index contributed by atoms with van der Waals surface area (Å²) in [4.78, 5) is 12.8. The fourth-order valence-corrected chi connectivity index (χ4v) is 1.15. The van der Waals surface area contributed by atoms with Crippen LogP contribution in [0.2, 0.25) is 0 Å². The maximum atomic E-state index is 13.4. The van der Waals surface area contributed by atoms with Crippen molar-refractivity contribution in [2.24, 2.45) is 0 Å². The molecule has 2 N–H and O–H groups in total. The number of rotatable bonds is 2. The number of hydrogen-bond acceptors (Lipinski definition) is 3. The Labute approximate surface area is 87.4 Å². The van der Waals surface area contributed by atoms with Gasteiger partial charge in [-0.2, -0.15) is 0 Å². The molecule has 0 unspecified atom stereocenters. The van der Waals surface area contributed by atoms with Crippen LogP contribution >= 0.6 is 0 Å². The molecule has 1 aromatic rings. The number of nitrogens with zero attached hydrogens (tertiary/aromatic N) is 1. The quantitative estimate of drug-likeness (QED) is 0.747. The van der Waals surface area contributed by atoms with Crippen LogP contribution < -0.4 is 10.5 Å². The molecule has 0 saturated carbocycles. The van der Waals surface area contributed by atoms with Crippen molar-refractivity contribution in [3.63, 3.8) is 0 Å². The molecule has 0 radical (unpaired) electrons. The lowest BCUT2D eigenvalue weighted by Crippen LogP contribution is -2.23. The highest BCUT2D eigenvalue weighted by molar-refractivity contribution is 5.95. The monoisotopic (exact) mass is 212 g/mol. The number of nitrogens with two attached hydrogens (primary N) is 1. The third kappa shape index (κ3) is 2.18. The van der Waals surface area contributed by atoms with Crippen molar-refractivity contribution in [2.75, 3.05) is 26.9 Å². The summed E-state index contributed by atoms with van der Waals surface area (Å²) in [7, 11) is 4.50. The van der Waals surface area contributed by atoms with Gasteiger partial charge < -0.3 is 15.4 Å². The molecule has 4 nitrogen and oxygen atoms in total. The smallest absolute Gasteiger partial charge is 0.256 e. The van der Waals surface area contributed by atoms with E-state index in [1.54, 1.807) is 14.1 Å². The molecule has 0 aromatic heterocycles. The standard InChI is InChI=1S/C10H13FN2O2/c1-13(2)10(14)6-4-9(15-3)8(12)5-7(6)11/h4-5H,12H2,1-3H3. The Hall–Kier alpha value is -1.78. The zero-order valence-electron chi connectivity index (χ0n) is 8.87. The molecule has 0 atom stereocenters. The van der Waals surface area contributed by atoms with Gasteiger partial charge in [0.1, 0.15) is 11.6 Å². The van der Waals surface area contributed by atoms with Gasteiger partial charge in [-0.25, -0.2) is 4.39 Å². The van der Waals surface area contributed by atoms with Crippen molar-refractivity contribution in [1.82, 2.24) is 4.90 Å². The lowest BCUT2D eigenvalue weighted by atomic mass is 10.1. The van der Waals surface area contributed by atoms with Gasteiger partial charge in [-0.1, -0.05) is 0 Å². The van der Waals surface area contributed by atoms with Crippen LogP contribution in [-0.4, -0.2) is 32.0 Å². The number of amides is 1. The Bertz CT molecular complexity index is 391. The number of halogens is 1. The van der Waals surface area contributed by atoms with Crippen molar-refractivity contribution in [2.45, 2.75) is 0 Å². The van der Waals surface area contributed by atoms with E-state index in [4.69, 9.17) is 10.5 Å². The second kappa shape index (κ2) is 4.16. The second-order valence-corrected chi connectivity index (χ2v) is 3.27. The zero-order valence-corrected chi connectivity index (χ0v) is 8.87. The van der Waals surface area contributed by atoms with Crippen LogP contribution in [0.4, 0.5) is 10.1 Å². The third-order valence-corrected chi connectivity index (χ3v) is 1.96. The summed E-state index contributed by atoms with van der Waals surface area (Å²) in [5, 5.41) is 0. The Balaban J connectivity index is 3.24. The Morgan fingerprint density at radius 3 is 2.53 bits per heavy atom. The molecular formula is C10H13FN2O2. The van der Waals surface area contributed by atoms with Gasteiger partial charge in [0.2, 0.25) is 0 Å². The molecule has 1 amide bonds. The van der Waals surface area contributed by atoms with Gasteiger partial charge in [-0.15, -0.1) is 0 Å². The van der Waals surface area contributed by atoms with Crippen LogP contribution in [0.5, 0.6) is 5.75 Å². The molecule has 0 saturated heterocycles. The largest absolute Gasteiger partial charge is 0.495 e. The van der Waals surface area contributed by atoms with Crippen LogP contribution in [0.25, 0.3) is 0 Å². The number of nitrogen functional groups attached to an aromatic ring is 1. The van der Waals surface area contributed by atoms with E-state index in [9.17, 15) is 9.18 Å². The number of methoxy groups -OCH3 is 1. The minimum absolute atomic E-state index is 0.0500. The van der Waals surface area contributed by atoms with E-state index in [1.165, 1.54) is 18.1 Å². The molecular weight excluding hydrogens is 199 g/mol. The lowest BCUT2D eigenvalue weighted by Gasteiger charge is -2.13. The van der Waals surface area contributed by atoms with E-state index in [0.717, 1.165) is 6.07 Å². The maximum absolute atomic E-state index is 13.4. The summed E-state index contributed by atoms with van der Waals surface area (Å²) in [6.45, 7) is 0. The number of carbonyl (C=O) groups excluding carboxylic acids is 1. The first kappa shape index (κ1) is 11.3. The summed E-state index contributed by atoms with van der Waals surface area (Å²) in [5.41, 5.74) is 5.61. The average molecular weight is 212 g/mol. The highest BCUT2D eigenvalue weighted by Gasteiger charge is 2.16. The van der Waals surface area contributed by atoms with Gasteiger partial charge >= 0.3 is 0 Å². The maximum Gasteiger partial charge on any atom is 0.256 e. The minimum atomic E-state index is -0.646. The number of anilines is 1. The van der Waals surface area contributed by atoms with Gasteiger partial charge in [-0.3, -0.25) is 4.79 Å². The highest BCUT2D eigenvalue weighted by atomic mass is 19.1. The minimum Gasteiger partial charge on any atom is -0.495 e. The number of benzene rings is 1. The molecule has 0 heterocycles. The number of ether oxygens (including phenoxy) is 1. The van der Waals surface area contributed by atoms with Gasteiger partial charge in [0.05, 0.1) is 18.4 Å². The van der Waals surface area contributed by atoms with Gasteiger partial charge in [0.15, 0.2) is 0 Å². The highest BCUT2D eigenvalue weighted by Crippen LogP contribution is 2.25. The van der Waals surface area contributed by atoms with Crippen LogP contribution in [0.3, 0.4) is 0 Å². The molecule has 0 spiro atoms. The van der Waals surface area contributed by atoms with E-state index < -0.39 is 11.7 Å². The normalized spacial score (nSPS) is 9.87. The Morgan fingerprint density at radius 1 is 1.47 bits per heavy atom. The van der Waals surface area contributed by atoms with Crippen molar-refractivity contribution in [1.29, 1.82) is 0 Å². The molecule has 0 aliphatic rings. The van der Waals surface area contributed by atoms with E-state index in [1.807, 2.05) is 0 Å².